The standard InChI is InChI=1S/C36H21N3S/c1-2-10-23(11-3-1)35-26-15-4-6-17-29(26)37-36(38-35)39-30-18-7-5-14-24(30)27-20-28-25-16-8-12-22-13-9-19-32(34(22)25)40-33(28)21-31(27)39/h1-21H. The summed E-state index contributed by atoms with van der Waals surface area (Å²) in [6.07, 6.45) is 0. The maximum Gasteiger partial charge on any atom is 0.235 e. The topological polar surface area (TPSA) is 30.7 Å². The molecule has 0 bridgehead atoms. The summed E-state index contributed by atoms with van der Waals surface area (Å²) in [5.41, 5.74) is 7.78. The minimum absolute atomic E-state index is 0.687. The van der Waals surface area contributed by atoms with Crippen molar-refractivity contribution in [2.24, 2.45) is 0 Å². The number of para-hydroxylation sites is 2. The van der Waals surface area contributed by atoms with Gasteiger partial charge in [-0.2, -0.15) is 0 Å². The second-order valence-corrected chi connectivity index (χ2v) is 11.3. The van der Waals surface area contributed by atoms with E-state index in [1.165, 1.54) is 42.5 Å². The highest BCUT2D eigenvalue weighted by molar-refractivity contribution is 7.99. The van der Waals surface area contributed by atoms with Crippen LogP contribution in [-0.4, -0.2) is 14.5 Å². The molecule has 0 amide bonds. The van der Waals surface area contributed by atoms with Gasteiger partial charge in [0.1, 0.15) is 0 Å². The van der Waals surface area contributed by atoms with Gasteiger partial charge in [0.2, 0.25) is 5.95 Å². The second kappa shape index (κ2) is 8.28. The van der Waals surface area contributed by atoms with Crippen LogP contribution in [0.4, 0.5) is 0 Å². The zero-order valence-corrected chi connectivity index (χ0v) is 22.2. The predicted octanol–water partition coefficient (Wildman–Crippen LogP) is 9.68. The van der Waals surface area contributed by atoms with E-state index >= 15 is 0 Å². The molecule has 0 atom stereocenters. The Morgan fingerprint density at radius 1 is 0.525 bits per heavy atom. The minimum atomic E-state index is 0.687. The number of rotatable bonds is 2. The zero-order chi connectivity index (χ0) is 26.2. The monoisotopic (exact) mass is 527 g/mol. The van der Waals surface area contributed by atoms with Crippen LogP contribution >= 0.6 is 11.8 Å². The number of fused-ring (bicyclic) bond motifs is 6. The number of hydrogen-bond acceptors (Lipinski definition) is 3. The van der Waals surface area contributed by atoms with Gasteiger partial charge in [-0.15, -0.1) is 0 Å². The smallest absolute Gasteiger partial charge is 0.235 e. The van der Waals surface area contributed by atoms with E-state index < -0.39 is 0 Å². The van der Waals surface area contributed by atoms with Crippen molar-refractivity contribution >= 4 is 55.2 Å². The third-order valence-corrected chi connectivity index (χ3v) is 9.11. The fourth-order valence-electron chi connectivity index (χ4n) is 6.22. The first kappa shape index (κ1) is 21.9. The van der Waals surface area contributed by atoms with Crippen LogP contribution in [0.1, 0.15) is 0 Å². The molecule has 0 unspecified atom stereocenters. The maximum absolute atomic E-state index is 5.24. The van der Waals surface area contributed by atoms with Gasteiger partial charge in [-0.25, -0.2) is 9.97 Å². The summed E-state index contributed by atoms with van der Waals surface area (Å²) in [6.45, 7) is 0. The molecule has 0 saturated heterocycles. The number of nitrogens with zero attached hydrogens (tertiary/aromatic N) is 3. The average Bonchev–Trinajstić information content (AvgIpc) is 3.33. The molecular weight excluding hydrogens is 506 g/mol. The number of aromatic nitrogens is 3. The summed E-state index contributed by atoms with van der Waals surface area (Å²) in [6, 6.07) is 45.3. The van der Waals surface area contributed by atoms with Crippen molar-refractivity contribution in [1.29, 1.82) is 0 Å². The molecule has 0 spiro atoms. The molecule has 2 aromatic heterocycles. The summed E-state index contributed by atoms with van der Waals surface area (Å²) in [5, 5.41) is 6.10. The van der Waals surface area contributed by atoms with E-state index in [4.69, 9.17) is 9.97 Å². The molecule has 1 aliphatic rings. The molecule has 9 rings (SSSR count). The summed E-state index contributed by atoms with van der Waals surface area (Å²) in [4.78, 5) is 12.9. The molecule has 4 heteroatoms. The largest absolute Gasteiger partial charge is 0.278 e. The Kier molecular flexibility index (Phi) is 4.54. The van der Waals surface area contributed by atoms with E-state index in [0.717, 1.165) is 33.2 Å². The van der Waals surface area contributed by atoms with E-state index in [1.54, 1.807) is 0 Å². The molecule has 0 fully saturated rings. The normalized spacial score (nSPS) is 12.4. The molecule has 40 heavy (non-hydrogen) atoms. The Hall–Kier alpha value is -4.93. The molecule has 3 nitrogen and oxygen atoms in total. The van der Waals surface area contributed by atoms with E-state index in [1.807, 2.05) is 23.9 Å². The van der Waals surface area contributed by atoms with E-state index in [9.17, 15) is 0 Å². The minimum Gasteiger partial charge on any atom is -0.278 e. The Morgan fingerprint density at radius 2 is 1.30 bits per heavy atom. The van der Waals surface area contributed by atoms with Crippen molar-refractivity contribution in [1.82, 2.24) is 14.5 Å². The van der Waals surface area contributed by atoms with Gasteiger partial charge in [-0.1, -0.05) is 109 Å². The van der Waals surface area contributed by atoms with Crippen LogP contribution in [0.3, 0.4) is 0 Å². The van der Waals surface area contributed by atoms with Crippen molar-refractivity contribution in [2.45, 2.75) is 9.79 Å². The first-order chi connectivity index (χ1) is 19.8. The lowest BCUT2D eigenvalue weighted by molar-refractivity contribution is 1.01. The highest BCUT2D eigenvalue weighted by Crippen LogP contribution is 2.50. The third kappa shape index (κ3) is 3.08. The summed E-state index contributed by atoms with van der Waals surface area (Å²) in [5.74, 6) is 0.687. The lowest BCUT2D eigenvalue weighted by atomic mass is 9.96. The van der Waals surface area contributed by atoms with Crippen LogP contribution in [0.15, 0.2) is 137 Å². The van der Waals surface area contributed by atoms with E-state index in [2.05, 4.69) is 120 Å². The van der Waals surface area contributed by atoms with Crippen molar-refractivity contribution in [3.05, 3.63) is 127 Å². The molecule has 0 saturated carbocycles. The molecule has 1 aliphatic heterocycles. The van der Waals surface area contributed by atoms with Gasteiger partial charge in [-0.05, 0) is 46.8 Å². The van der Waals surface area contributed by atoms with Crippen molar-refractivity contribution in [2.75, 3.05) is 0 Å². The fourth-order valence-corrected chi connectivity index (χ4v) is 7.38. The molecule has 3 heterocycles. The molecule has 0 N–H and O–H groups in total. The first-order valence-corrected chi connectivity index (χ1v) is 14.2. The SMILES string of the molecule is c1ccc(-c2nc(-n3c4ccccc4c4cc5c(cc43)Sc3cccc4cccc-5c34)nc3ccccc23)cc1. The third-order valence-electron chi connectivity index (χ3n) is 7.99. The van der Waals surface area contributed by atoms with Crippen molar-refractivity contribution in [3.8, 4) is 28.3 Å². The first-order valence-electron chi connectivity index (χ1n) is 13.4. The van der Waals surface area contributed by atoms with Crippen LogP contribution < -0.4 is 0 Å². The summed E-state index contributed by atoms with van der Waals surface area (Å²) >= 11 is 1.85. The van der Waals surface area contributed by atoms with E-state index in [-0.39, 0.29) is 0 Å². The Labute approximate surface area is 234 Å². The number of hydrogen-bond donors (Lipinski definition) is 0. The van der Waals surface area contributed by atoms with Crippen LogP contribution in [-0.2, 0) is 0 Å². The summed E-state index contributed by atoms with van der Waals surface area (Å²) < 4.78 is 2.24. The molecular formula is C36H21N3S. The van der Waals surface area contributed by atoms with Crippen molar-refractivity contribution in [3.63, 3.8) is 0 Å². The van der Waals surface area contributed by atoms with E-state index in [0.29, 0.717) is 5.95 Å². The Morgan fingerprint density at radius 3 is 2.20 bits per heavy atom. The summed E-state index contributed by atoms with van der Waals surface area (Å²) in [7, 11) is 0. The van der Waals surface area contributed by atoms with Gasteiger partial charge in [-0.3, -0.25) is 4.57 Å². The Balaban J connectivity index is 1.38. The highest BCUT2D eigenvalue weighted by Gasteiger charge is 2.23. The predicted molar refractivity (Wildman–Crippen MR) is 166 cm³/mol. The van der Waals surface area contributed by atoms with Gasteiger partial charge in [0.25, 0.3) is 0 Å². The zero-order valence-electron chi connectivity index (χ0n) is 21.4. The maximum atomic E-state index is 5.24. The molecule has 6 aromatic carbocycles. The Bertz CT molecular complexity index is 2300. The van der Waals surface area contributed by atoms with Crippen LogP contribution in [0.2, 0.25) is 0 Å². The van der Waals surface area contributed by atoms with Crippen molar-refractivity contribution < 1.29 is 0 Å². The lowest BCUT2D eigenvalue weighted by Crippen LogP contribution is -2.03. The van der Waals surface area contributed by atoms with Gasteiger partial charge in [0.05, 0.1) is 22.2 Å². The fraction of sp³-hybridized carbons (Fsp3) is 0. The molecule has 0 radical (unpaired) electrons. The second-order valence-electron chi connectivity index (χ2n) is 10.2. The van der Waals surface area contributed by atoms with Crippen LogP contribution in [0.5, 0.6) is 0 Å². The highest BCUT2D eigenvalue weighted by atomic mass is 32.2. The molecule has 186 valence electrons. The average molecular weight is 528 g/mol. The van der Waals surface area contributed by atoms with Gasteiger partial charge in [0, 0.05) is 36.9 Å². The molecule has 0 aliphatic carbocycles. The van der Waals surface area contributed by atoms with Gasteiger partial charge >= 0.3 is 0 Å². The van der Waals surface area contributed by atoms with Gasteiger partial charge in [0.15, 0.2) is 0 Å². The quantitative estimate of drug-likeness (QED) is 0.224. The molecule has 8 aromatic rings. The van der Waals surface area contributed by atoms with Crippen LogP contribution in [0.25, 0.3) is 71.8 Å². The van der Waals surface area contributed by atoms with Gasteiger partial charge < -0.3 is 0 Å². The van der Waals surface area contributed by atoms with Crippen LogP contribution in [0, 0.1) is 0 Å². The lowest BCUT2D eigenvalue weighted by Gasteiger charge is -2.20. The number of benzene rings is 6.